The number of hydrogen-bond donors (Lipinski definition) is 1. The second kappa shape index (κ2) is 3.33. The molecule has 1 saturated carbocycles. The highest BCUT2D eigenvalue weighted by atomic mass is 28.3. The van der Waals surface area contributed by atoms with Crippen molar-refractivity contribution in [1.82, 2.24) is 0 Å². The molecule has 0 saturated heterocycles. The van der Waals surface area contributed by atoms with Crippen LogP contribution in [-0.4, -0.2) is 19.3 Å². The maximum atomic E-state index is 10.7. The van der Waals surface area contributed by atoms with E-state index in [2.05, 4.69) is 54.3 Å². The van der Waals surface area contributed by atoms with Crippen LogP contribution in [0.25, 0.3) is 0 Å². The Morgan fingerprint density at radius 3 is 1.47 bits per heavy atom. The minimum absolute atomic E-state index is 0.0132. The van der Waals surface area contributed by atoms with E-state index in [0.717, 1.165) is 0 Å². The molecule has 1 N–H and O–H groups in total. The van der Waals surface area contributed by atoms with E-state index in [1.165, 1.54) is 0 Å². The quantitative estimate of drug-likeness (QED) is 0.714. The van der Waals surface area contributed by atoms with Crippen LogP contribution in [0.15, 0.2) is 0 Å². The van der Waals surface area contributed by atoms with Crippen molar-refractivity contribution in [1.29, 1.82) is 0 Å². The van der Waals surface area contributed by atoms with Gasteiger partial charge in [0, 0.05) is 0 Å². The molecule has 1 aliphatic rings. The molecule has 4 atom stereocenters. The van der Waals surface area contributed by atoms with Gasteiger partial charge in [-0.1, -0.05) is 54.3 Å². The summed E-state index contributed by atoms with van der Waals surface area (Å²) in [6, 6.07) is 0. The van der Waals surface area contributed by atoms with E-state index in [4.69, 9.17) is 0 Å². The Kier molecular flexibility index (Phi) is 2.94. The molecule has 0 amide bonds. The fraction of sp³-hybridized carbons (Fsp3) is 1.00. The van der Waals surface area contributed by atoms with Crippen molar-refractivity contribution in [3.05, 3.63) is 0 Å². The summed E-state index contributed by atoms with van der Waals surface area (Å²) in [6.07, 6.45) is -0.151. The van der Waals surface area contributed by atoms with Crippen molar-refractivity contribution >= 4 is 8.07 Å². The number of hydrogen-bond acceptors (Lipinski definition) is 1. The number of aliphatic hydroxyl groups excluding tert-OH is 1. The van der Waals surface area contributed by atoms with Crippen LogP contribution in [0.2, 0.25) is 24.7 Å². The van der Waals surface area contributed by atoms with E-state index in [-0.39, 0.29) is 16.6 Å². The molecule has 1 aliphatic carbocycles. The van der Waals surface area contributed by atoms with E-state index in [0.29, 0.717) is 11.8 Å². The third-order valence-electron chi connectivity index (χ3n) is 4.72. The standard InChI is InChI=1S/C13H28OSi/c1-9-10(2)13(9,15(6,7)8)11(14)12(3,4)5/h9-11,14H,1-8H3/t9-,10+,11?,13?. The molecule has 2 unspecified atom stereocenters. The summed E-state index contributed by atoms with van der Waals surface area (Å²) in [5.41, 5.74) is 0.0132. The fourth-order valence-electron chi connectivity index (χ4n) is 3.80. The van der Waals surface area contributed by atoms with Gasteiger partial charge in [0.1, 0.15) is 0 Å². The Hall–Kier alpha value is 0.177. The van der Waals surface area contributed by atoms with Gasteiger partial charge < -0.3 is 5.11 Å². The SMILES string of the molecule is C[C@@H]1[C@H](C)C1(C(O)C(C)(C)C)[Si](C)(C)C. The Bertz CT molecular complexity index is 238. The molecule has 0 spiro atoms. The van der Waals surface area contributed by atoms with Gasteiger partial charge in [-0.05, 0) is 22.3 Å². The molecule has 1 fully saturated rings. The maximum absolute atomic E-state index is 10.7. The van der Waals surface area contributed by atoms with Crippen LogP contribution in [0.1, 0.15) is 34.6 Å². The smallest absolute Gasteiger partial charge is 0.0626 e. The molecule has 90 valence electrons. The monoisotopic (exact) mass is 228 g/mol. The predicted molar refractivity (Wildman–Crippen MR) is 69.8 cm³/mol. The second-order valence-corrected chi connectivity index (χ2v) is 12.9. The largest absolute Gasteiger partial charge is 0.392 e. The van der Waals surface area contributed by atoms with E-state index in [1.807, 2.05) is 0 Å². The summed E-state index contributed by atoms with van der Waals surface area (Å²) in [5.74, 6) is 1.39. The summed E-state index contributed by atoms with van der Waals surface area (Å²) in [7, 11) is -1.32. The summed E-state index contributed by atoms with van der Waals surface area (Å²) in [5, 5.41) is 10.9. The molecule has 0 heterocycles. The van der Waals surface area contributed by atoms with Gasteiger partial charge >= 0.3 is 0 Å². The minimum atomic E-state index is -1.32. The van der Waals surface area contributed by atoms with E-state index in [9.17, 15) is 5.11 Å². The van der Waals surface area contributed by atoms with Gasteiger partial charge in [-0.2, -0.15) is 0 Å². The highest BCUT2D eigenvalue weighted by molar-refractivity contribution is 6.80. The average Bonchev–Trinajstić information content (AvgIpc) is 2.52. The van der Waals surface area contributed by atoms with Crippen molar-refractivity contribution in [2.75, 3.05) is 0 Å². The highest BCUT2D eigenvalue weighted by Gasteiger charge is 2.70. The minimum Gasteiger partial charge on any atom is -0.392 e. The lowest BCUT2D eigenvalue weighted by Gasteiger charge is -2.42. The van der Waals surface area contributed by atoms with Crippen LogP contribution in [-0.2, 0) is 0 Å². The molecule has 2 heteroatoms. The van der Waals surface area contributed by atoms with Gasteiger partial charge in [-0.25, -0.2) is 0 Å². The summed E-state index contributed by atoms with van der Waals surface area (Å²) in [6.45, 7) is 18.3. The molecule has 0 aromatic heterocycles. The first-order chi connectivity index (χ1) is 6.47. The Labute approximate surface area is 96.3 Å². The van der Waals surface area contributed by atoms with Gasteiger partial charge in [0.2, 0.25) is 0 Å². The lowest BCUT2D eigenvalue weighted by molar-refractivity contribution is 0.0403. The zero-order valence-corrected chi connectivity index (χ0v) is 12.7. The molecule has 0 aliphatic heterocycles. The molecule has 1 nitrogen and oxygen atoms in total. The molecule has 15 heavy (non-hydrogen) atoms. The first-order valence-corrected chi connectivity index (χ1v) is 9.65. The Morgan fingerprint density at radius 1 is 1.07 bits per heavy atom. The van der Waals surface area contributed by atoms with E-state index >= 15 is 0 Å². The molecular weight excluding hydrogens is 200 g/mol. The average molecular weight is 228 g/mol. The zero-order chi connectivity index (χ0) is 12.2. The Morgan fingerprint density at radius 2 is 1.40 bits per heavy atom. The van der Waals surface area contributed by atoms with E-state index < -0.39 is 8.07 Å². The topological polar surface area (TPSA) is 20.2 Å². The predicted octanol–water partition coefficient (Wildman–Crippen LogP) is 3.76. The van der Waals surface area contributed by atoms with Crippen molar-refractivity contribution in [2.24, 2.45) is 17.3 Å². The van der Waals surface area contributed by atoms with Crippen molar-refractivity contribution in [3.63, 3.8) is 0 Å². The van der Waals surface area contributed by atoms with Gasteiger partial charge in [0.25, 0.3) is 0 Å². The first-order valence-electron chi connectivity index (χ1n) is 6.15. The van der Waals surface area contributed by atoms with Crippen molar-refractivity contribution < 1.29 is 5.11 Å². The Balaban J connectivity index is 3.08. The van der Waals surface area contributed by atoms with Gasteiger partial charge in [-0.3, -0.25) is 0 Å². The second-order valence-electron chi connectivity index (χ2n) is 7.53. The van der Waals surface area contributed by atoms with Crippen LogP contribution in [0.5, 0.6) is 0 Å². The lowest BCUT2D eigenvalue weighted by atomic mass is 9.84. The van der Waals surface area contributed by atoms with E-state index in [1.54, 1.807) is 0 Å². The van der Waals surface area contributed by atoms with Crippen LogP contribution < -0.4 is 0 Å². The molecule has 0 radical (unpaired) electrons. The van der Waals surface area contributed by atoms with Crippen LogP contribution in [0.3, 0.4) is 0 Å². The summed E-state index contributed by atoms with van der Waals surface area (Å²) < 4.78 is 0. The van der Waals surface area contributed by atoms with Crippen LogP contribution in [0, 0.1) is 17.3 Å². The molecule has 0 aromatic carbocycles. The molecule has 0 bridgehead atoms. The summed E-state index contributed by atoms with van der Waals surface area (Å²) >= 11 is 0. The van der Waals surface area contributed by atoms with Gasteiger partial charge in [0.15, 0.2) is 0 Å². The third kappa shape index (κ3) is 1.70. The maximum Gasteiger partial charge on any atom is 0.0626 e. The van der Waals surface area contributed by atoms with Gasteiger partial charge in [0.05, 0.1) is 14.2 Å². The van der Waals surface area contributed by atoms with Crippen molar-refractivity contribution in [3.8, 4) is 0 Å². The number of aliphatic hydroxyl groups is 1. The van der Waals surface area contributed by atoms with Gasteiger partial charge in [-0.15, -0.1) is 0 Å². The molecule has 1 rings (SSSR count). The third-order valence-corrected chi connectivity index (χ3v) is 8.50. The fourth-order valence-corrected chi connectivity index (χ4v) is 8.20. The zero-order valence-electron chi connectivity index (χ0n) is 11.7. The summed E-state index contributed by atoms with van der Waals surface area (Å²) in [4.78, 5) is 0. The normalized spacial score (nSPS) is 39.0. The molecular formula is C13H28OSi. The van der Waals surface area contributed by atoms with Crippen LogP contribution in [0.4, 0.5) is 0 Å². The van der Waals surface area contributed by atoms with Crippen molar-refractivity contribution in [2.45, 2.75) is 65.4 Å². The lowest BCUT2D eigenvalue weighted by Crippen LogP contribution is -2.46. The number of rotatable bonds is 2. The van der Waals surface area contributed by atoms with Crippen LogP contribution >= 0.6 is 0 Å². The first kappa shape index (κ1) is 13.2. The molecule has 0 aromatic rings. The highest BCUT2D eigenvalue weighted by Crippen LogP contribution is 2.74.